The maximum atomic E-state index is 13.6. The van der Waals surface area contributed by atoms with Crippen LogP contribution >= 0.6 is 0 Å². The molecule has 11 heteroatoms. The van der Waals surface area contributed by atoms with Gasteiger partial charge in [0, 0.05) is 12.3 Å². The van der Waals surface area contributed by atoms with Gasteiger partial charge in [0.15, 0.2) is 21.3 Å². The van der Waals surface area contributed by atoms with Crippen molar-refractivity contribution in [3.05, 3.63) is 77.9 Å². The van der Waals surface area contributed by atoms with E-state index >= 15 is 0 Å². The maximum absolute atomic E-state index is 13.6. The quantitative estimate of drug-likeness (QED) is 0.413. The van der Waals surface area contributed by atoms with Gasteiger partial charge >= 0.3 is 0 Å². The van der Waals surface area contributed by atoms with Gasteiger partial charge in [-0.3, -0.25) is 9.10 Å². The number of ether oxygens (including phenoxy) is 2. The van der Waals surface area contributed by atoms with Crippen LogP contribution in [0.3, 0.4) is 0 Å². The van der Waals surface area contributed by atoms with Crippen LogP contribution in [0.1, 0.15) is 24.1 Å². The van der Waals surface area contributed by atoms with Gasteiger partial charge in [0.2, 0.25) is 5.91 Å². The van der Waals surface area contributed by atoms with Crippen molar-refractivity contribution in [2.45, 2.75) is 29.7 Å². The van der Waals surface area contributed by atoms with E-state index in [0.717, 1.165) is 16.1 Å². The highest BCUT2D eigenvalue weighted by Crippen LogP contribution is 2.34. The first-order valence-corrected chi connectivity index (χ1v) is 14.6. The number of rotatable bonds is 10. The molecule has 1 atom stereocenters. The fourth-order valence-electron chi connectivity index (χ4n) is 3.64. The minimum atomic E-state index is -4.12. The molecule has 1 N–H and O–H groups in total. The Kier molecular flexibility index (Phi) is 8.49. The molecule has 37 heavy (non-hydrogen) atoms. The zero-order valence-electron chi connectivity index (χ0n) is 21.3. The van der Waals surface area contributed by atoms with Crippen LogP contribution in [-0.2, 0) is 24.7 Å². The van der Waals surface area contributed by atoms with Crippen LogP contribution in [-0.4, -0.2) is 49.8 Å². The number of nitrogens with zero attached hydrogens (tertiary/aromatic N) is 1. The lowest BCUT2D eigenvalue weighted by Gasteiger charge is -2.26. The Morgan fingerprint density at radius 2 is 1.43 bits per heavy atom. The van der Waals surface area contributed by atoms with Crippen LogP contribution in [0, 0.1) is 6.92 Å². The SMILES string of the molecule is COc1ccc(N(CC(=O)N[C@@H](C)c2ccc(S(C)(=O)=O)cc2)S(=O)(=O)c2ccc(C)cc2)cc1OC. The van der Waals surface area contributed by atoms with Crippen molar-refractivity contribution in [3.63, 3.8) is 0 Å². The zero-order chi connectivity index (χ0) is 27.4. The Labute approximate surface area is 218 Å². The molecular formula is C26H30N2O7S2. The molecule has 0 saturated heterocycles. The lowest BCUT2D eigenvalue weighted by Crippen LogP contribution is -2.41. The highest BCUT2D eigenvalue weighted by molar-refractivity contribution is 7.93. The van der Waals surface area contributed by atoms with Gasteiger partial charge in [0.1, 0.15) is 6.54 Å². The molecule has 0 fully saturated rings. The van der Waals surface area contributed by atoms with Crippen molar-refractivity contribution in [1.29, 1.82) is 0 Å². The summed E-state index contributed by atoms with van der Waals surface area (Å²) >= 11 is 0. The second kappa shape index (κ2) is 11.2. The van der Waals surface area contributed by atoms with E-state index in [1.54, 1.807) is 37.3 Å². The normalized spacial score (nSPS) is 12.5. The fourth-order valence-corrected chi connectivity index (χ4v) is 5.68. The Morgan fingerprint density at radius 3 is 1.97 bits per heavy atom. The van der Waals surface area contributed by atoms with Crippen molar-refractivity contribution in [3.8, 4) is 11.5 Å². The average Bonchev–Trinajstić information content (AvgIpc) is 2.86. The summed E-state index contributed by atoms with van der Waals surface area (Å²) in [4.78, 5) is 13.3. The molecular weight excluding hydrogens is 516 g/mol. The predicted molar refractivity (Wildman–Crippen MR) is 141 cm³/mol. The number of sulfone groups is 1. The number of aryl methyl sites for hydroxylation is 1. The molecule has 0 bridgehead atoms. The molecule has 1 amide bonds. The molecule has 0 saturated carbocycles. The Bertz CT molecular complexity index is 1470. The summed E-state index contributed by atoms with van der Waals surface area (Å²) in [6, 6.07) is 16.6. The number of nitrogens with one attached hydrogen (secondary N) is 1. The fraction of sp³-hybridized carbons (Fsp3) is 0.269. The third-order valence-corrected chi connectivity index (χ3v) is 8.65. The van der Waals surface area contributed by atoms with Gasteiger partial charge in [-0.25, -0.2) is 16.8 Å². The van der Waals surface area contributed by atoms with E-state index in [4.69, 9.17) is 9.47 Å². The van der Waals surface area contributed by atoms with E-state index in [0.29, 0.717) is 17.1 Å². The van der Waals surface area contributed by atoms with Crippen LogP contribution in [0.2, 0.25) is 0 Å². The van der Waals surface area contributed by atoms with E-state index in [-0.39, 0.29) is 15.5 Å². The molecule has 3 aromatic carbocycles. The van der Waals surface area contributed by atoms with Gasteiger partial charge in [-0.2, -0.15) is 0 Å². The lowest BCUT2D eigenvalue weighted by molar-refractivity contribution is -0.120. The number of hydrogen-bond acceptors (Lipinski definition) is 7. The number of anilines is 1. The first-order valence-electron chi connectivity index (χ1n) is 11.3. The Hall–Kier alpha value is -3.57. The number of hydrogen-bond donors (Lipinski definition) is 1. The number of methoxy groups -OCH3 is 2. The standard InChI is InChI=1S/C26H30N2O7S2/c1-18-6-11-23(12-7-18)37(32,33)28(21-10-15-24(34-3)25(16-21)35-4)17-26(29)27-19(2)20-8-13-22(14-9-20)36(5,30)31/h6-16,19H,17H2,1-5H3,(H,27,29)/t19-/m0/s1. The number of carbonyl (C=O) groups excluding carboxylic acids is 1. The molecule has 3 aromatic rings. The number of amides is 1. The molecule has 0 aliphatic heterocycles. The van der Waals surface area contributed by atoms with Gasteiger partial charge in [-0.15, -0.1) is 0 Å². The maximum Gasteiger partial charge on any atom is 0.264 e. The van der Waals surface area contributed by atoms with Crippen molar-refractivity contribution < 1.29 is 31.1 Å². The molecule has 0 aromatic heterocycles. The molecule has 0 radical (unpaired) electrons. The van der Waals surface area contributed by atoms with Crippen LogP contribution in [0.25, 0.3) is 0 Å². The third-order valence-electron chi connectivity index (χ3n) is 5.74. The zero-order valence-corrected chi connectivity index (χ0v) is 22.9. The molecule has 0 unspecified atom stereocenters. The molecule has 3 rings (SSSR count). The molecule has 0 aliphatic rings. The molecule has 9 nitrogen and oxygen atoms in total. The Morgan fingerprint density at radius 1 is 0.865 bits per heavy atom. The highest BCUT2D eigenvalue weighted by atomic mass is 32.2. The van der Waals surface area contributed by atoms with E-state index in [2.05, 4.69) is 5.32 Å². The largest absolute Gasteiger partial charge is 0.493 e. The summed E-state index contributed by atoms with van der Waals surface area (Å²) < 4.78 is 62.3. The van der Waals surface area contributed by atoms with E-state index in [1.807, 2.05) is 6.92 Å². The van der Waals surface area contributed by atoms with Crippen LogP contribution in [0.15, 0.2) is 76.5 Å². The van der Waals surface area contributed by atoms with E-state index in [1.165, 1.54) is 50.6 Å². The van der Waals surface area contributed by atoms with Crippen molar-refractivity contribution >= 4 is 31.5 Å². The first-order chi connectivity index (χ1) is 17.4. The first kappa shape index (κ1) is 28.0. The van der Waals surface area contributed by atoms with E-state index < -0.39 is 38.4 Å². The van der Waals surface area contributed by atoms with E-state index in [9.17, 15) is 21.6 Å². The number of benzene rings is 3. The number of sulfonamides is 1. The molecule has 0 aliphatic carbocycles. The van der Waals surface area contributed by atoms with Crippen LogP contribution in [0.4, 0.5) is 5.69 Å². The van der Waals surface area contributed by atoms with Gasteiger partial charge < -0.3 is 14.8 Å². The smallest absolute Gasteiger partial charge is 0.264 e. The lowest BCUT2D eigenvalue weighted by atomic mass is 10.1. The number of carbonyl (C=O) groups is 1. The van der Waals surface area contributed by atoms with Gasteiger partial charge in [-0.05, 0) is 55.8 Å². The average molecular weight is 547 g/mol. The molecule has 198 valence electrons. The van der Waals surface area contributed by atoms with Gasteiger partial charge in [-0.1, -0.05) is 29.8 Å². The van der Waals surface area contributed by atoms with Crippen molar-refractivity contribution in [1.82, 2.24) is 5.32 Å². The second-order valence-corrected chi connectivity index (χ2v) is 12.4. The summed E-state index contributed by atoms with van der Waals surface area (Å²) in [5.74, 6) is 0.170. The second-order valence-electron chi connectivity index (χ2n) is 8.49. The monoisotopic (exact) mass is 546 g/mol. The van der Waals surface area contributed by atoms with Gasteiger partial charge in [0.25, 0.3) is 10.0 Å². The summed E-state index contributed by atoms with van der Waals surface area (Å²) in [6.07, 6.45) is 1.12. The van der Waals surface area contributed by atoms with Gasteiger partial charge in [0.05, 0.1) is 35.7 Å². The van der Waals surface area contributed by atoms with Crippen LogP contribution in [0.5, 0.6) is 11.5 Å². The molecule has 0 heterocycles. The highest BCUT2D eigenvalue weighted by Gasteiger charge is 2.28. The van der Waals surface area contributed by atoms with Crippen molar-refractivity contribution in [2.24, 2.45) is 0 Å². The summed E-state index contributed by atoms with van der Waals surface area (Å²) in [6.45, 7) is 3.07. The predicted octanol–water partition coefficient (Wildman–Crippen LogP) is 3.49. The molecule has 0 spiro atoms. The van der Waals surface area contributed by atoms with Crippen LogP contribution < -0.4 is 19.1 Å². The summed E-state index contributed by atoms with van der Waals surface area (Å²) in [5, 5.41) is 2.79. The Balaban J connectivity index is 1.92. The third kappa shape index (κ3) is 6.60. The minimum absolute atomic E-state index is 0.0325. The van der Waals surface area contributed by atoms with Crippen molar-refractivity contribution in [2.75, 3.05) is 31.3 Å². The topological polar surface area (TPSA) is 119 Å². The summed E-state index contributed by atoms with van der Waals surface area (Å²) in [5.41, 5.74) is 1.78. The summed E-state index contributed by atoms with van der Waals surface area (Å²) in [7, 11) is -4.57. The minimum Gasteiger partial charge on any atom is -0.493 e.